The summed E-state index contributed by atoms with van der Waals surface area (Å²) in [6, 6.07) is 13.2. The number of ether oxygens (including phenoxy) is 1. The molecule has 3 aromatic rings. The van der Waals surface area contributed by atoms with Crippen molar-refractivity contribution >= 4 is 11.6 Å². The number of pyridine rings is 1. The molecule has 1 saturated heterocycles. The first-order valence-corrected chi connectivity index (χ1v) is 11.4. The minimum Gasteiger partial charge on any atom is -0.378 e. The lowest BCUT2D eigenvalue weighted by Crippen LogP contribution is -2.44. The molecule has 1 aromatic carbocycles. The van der Waals surface area contributed by atoms with Crippen molar-refractivity contribution in [3.63, 3.8) is 0 Å². The minimum absolute atomic E-state index is 0.00286. The number of hydrogen-bond donors (Lipinski definition) is 1. The molecule has 2 aromatic heterocycles. The summed E-state index contributed by atoms with van der Waals surface area (Å²) in [5.74, 6) is -0.00286. The lowest BCUT2D eigenvalue weighted by Gasteiger charge is -2.34. The Morgan fingerprint density at radius 2 is 1.94 bits per heavy atom. The van der Waals surface area contributed by atoms with E-state index in [-0.39, 0.29) is 5.91 Å². The van der Waals surface area contributed by atoms with Gasteiger partial charge in [0.15, 0.2) is 5.69 Å². The standard InChI is InChI=1S/C25H31N5O2/c1-18-6-5-9-30-22(23(27-24(18)30)25(31)29-10-12-32-13-11-29)16-26-15-21-14-19-7-3-4-8-20(19)17-28(21)2/h3-9,21,26H,10-17H2,1-2H3. The van der Waals surface area contributed by atoms with Crippen LogP contribution in [0.2, 0.25) is 0 Å². The van der Waals surface area contributed by atoms with Crippen LogP contribution in [0.1, 0.15) is 32.9 Å². The van der Waals surface area contributed by atoms with Gasteiger partial charge in [-0.05, 0) is 43.1 Å². The van der Waals surface area contributed by atoms with Crippen molar-refractivity contribution < 1.29 is 9.53 Å². The fourth-order valence-corrected chi connectivity index (χ4v) is 4.81. The molecule has 1 N–H and O–H groups in total. The molecule has 0 aliphatic carbocycles. The Morgan fingerprint density at radius 1 is 1.16 bits per heavy atom. The SMILES string of the molecule is Cc1cccn2c(CNCC3Cc4ccccc4CN3C)c(C(=O)N3CCOCC3)nc12. The molecule has 0 radical (unpaired) electrons. The quantitative estimate of drug-likeness (QED) is 0.669. The van der Waals surface area contributed by atoms with E-state index in [4.69, 9.17) is 9.72 Å². The highest BCUT2D eigenvalue weighted by Crippen LogP contribution is 2.22. The molecule has 1 amide bonds. The molecular weight excluding hydrogens is 402 g/mol. The maximum Gasteiger partial charge on any atom is 0.274 e. The van der Waals surface area contributed by atoms with Gasteiger partial charge in [-0.25, -0.2) is 4.98 Å². The van der Waals surface area contributed by atoms with Crippen LogP contribution in [0.15, 0.2) is 42.6 Å². The van der Waals surface area contributed by atoms with E-state index in [1.807, 2.05) is 30.2 Å². The van der Waals surface area contributed by atoms with Crippen LogP contribution in [0, 0.1) is 6.92 Å². The first-order chi connectivity index (χ1) is 15.6. The van der Waals surface area contributed by atoms with Crippen LogP contribution in [-0.4, -0.2) is 71.0 Å². The molecule has 1 unspecified atom stereocenters. The van der Waals surface area contributed by atoms with Crippen molar-refractivity contribution in [1.29, 1.82) is 0 Å². The third-order valence-electron chi connectivity index (χ3n) is 6.73. The van der Waals surface area contributed by atoms with Crippen molar-refractivity contribution in [2.75, 3.05) is 39.9 Å². The van der Waals surface area contributed by atoms with Crippen LogP contribution in [0.25, 0.3) is 5.65 Å². The number of carbonyl (C=O) groups excluding carboxylic acids is 1. The fraction of sp³-hybridized carbons (Fsp3) is 0.440. The summed E-state index contributed by atoms with van der Waals surface area (Å²) in [5.41, 5.74) is 6.26. The van der Waals surface area contributed by atoms with Gasteiger partial charge in [-0.15, -0.1) is 0 Å². The Morgan fingerprint density at radius 3 is 2.75 bits per heavy atom. The highest BCUT2D eigenvalue weighted by molar-refractivity contribution is 5.94. The lowest BCUT2D eigenvalue weighted by atomic mass is 9.94. The van der Waals surface area contributed by atoms with Crippen molar-refractivity contribution in [2.45, 2.75) is 32.5 Å². The van der Waals surface area contributed by atoms with Gasteiger partial charge in [0.2, 0.25) is 0 Å². The average molecular weight is 434 g/mol. The topological polar surface area (TPSA) is 62.1 Å². The maximum atomic E-state index is 13.3. The second-order valence-electron chi connectivity index (χ2n) is 8.87. The molecule has 0 spiro atoms. The zero-order valence-corrected chi connectivity index (χ0v) is 18.9. The second kappa shape index (κ2) is 9.02. The molecule has 168 valence electrons. The number of carbonyl (C=O) groups is 1. The van der Waals surface area contributed by atoms with E-state index < -0.39 is 0 Å². The van der Waals surface area contributed by atoms with Crippen molar-refractivity contribution in [2.24, 2.45) is 0 Å². The molecule has 32 heavy (non-hydrogen) atoms. The largest absolute Gasteiger partial charge is 0.378 e. The molecule has 5 rings (SSSR count). The van der Waals surface area contributed by atoms with Gasteiger partial charge >= 0.3 is 0 Å². The minimum atomic E-state index is -0.00286. The molecule has 4 heterocycles. The van der Waals surface area contributed by atoms with Gasteiger partial charge in [0.1, 0.15) is 5.65 Å². The van der Waals surface area contributed by atoms with Gasteiger partial charge in [-0.3, -0.25) is 9.69 Å². The molecule has 0 bridgehead atoms. The molecule has 7 heteroatoms. The van der Waals surface area contributed by atoms with Crippen LogP contribution in [0.5, 0.6) is 0 Å². The highest BCUT2D eigenvalue weighted by Gasteiger charge is 2.27. The molecular formula is C25H31N5O2. The Kier molecular flexibility index (Phi) is 5.95. The van der Waals surface area contributed by atoms with Gasteiger partial charge in [-0.1, -0.05) is 30.3 Å². The van der Waals surface area contributed by atoms with Gasteiger partial charge in [0.05, 0.1) is 18.9 Å². The fourth-order valence-electron chi connectivity index (χ4n) is 4.81. The first-order valence-electron chi connectivity index (χ1n) is 11.4. The van der Waals surface area contributed by atoms with E-state index in [2.05, 4.69) is 45.9 Å². The van der Waals surface area contributed by atoms with Crippen LogP contribution in [0.3, 0.4) is 0 Å². The third kappa shape index (κ3) is 4.03. The van der Waals surface area contributed by atoms with E-state index in [1.165, 1.54) is 11.1 Å². The number of morpholine rings is 1. The molecule has 0 saturated carbocycles. The first kappa shape index (κ1) is 21.1. The summed E-state index contributed by atoms with van der Waals surface area (Å²) in [7, 11) is 2.19. The summed E-state index contributed by atoms with van der Waals surface area (Å²) in [6.07, 6.45) is 3.04. The maximum absolute atomic E-state index is 13.3. The Balaban J connectivity index is 1.35. The van der Waals surface area contributed by atoms with Crippen LogP contribution >= 0.6 is 0 Å². The van der Waals surface area contributed by atoms with Gasteiger partial charge in [-0.2, -0.15) is 0 Å². The number of aromatic nitrogens is 2. The number of nitrogens with one attached hydrogen (secondary N) is 1. The van der Waals surface area contributed by atoms with E-state index in [0.717, 1.165) is 36.4 Å². The number of aryl methyl sites for hydroxylation is 1. The van der Waals surface area contributed by atoms with Crippen LogP contribution in [0.4, 0.5) is 0 Å². The van der Waals surface area contributed by atoms with Gasteiger partial charge in [0.25, 0.3) is 5.91 Å². The molecule has 2 aliphatic rings. The molecule has 1 atom stereocenters. The smallest absolute Gasteiger partial charge is 0.274 e. The summed E-state index contributed by atoms with van der Waals surface area (Å²) in [6.45, 7) is 6.87. The zero-order valence-electron chi connectivity index (χ0n) is 18.9. The van der Waals surface area contributed by atoms with Crippen molar-refractivity contribution in [1.82, 2.24) is 24.5 Å². The number of fused-ring (bicyclic) bond motifs is 2. The number of imidazole rings is 1. The van der Waals surface area contributed by atoms with E-state index >= 15 is 0 Å². The summed E-state index contributed by atoms with van der Waals surface area (Å²) < 4.78 is 7.49. The number of rotatable bonds is 5. The molecule has 2 aliphatic heterocycles. The van der Waals surface area contributed by atoms with Crippen LogP contribution in [-0.2, 0) is 24.2 Å². The van der Waals surface area contributed by atoms with E-state index in [0.29, 0.717) is 44.6 Å². The van der Waals surface area contributed by atoms with Gasteiger partial charge < -0.3 is 19.4 Å². The number of benzene rings is 1. The number of amides is 1. The number of hydrogen-bond acceptors (Lipinski definition) is 5. The monoisotopic (exact) mass is 433 g/mol. The van der Waals surface area contributed by atoms with Crippen LogP contribution < -0.4 is 5.32 Å². The summed E-state index contributed by atoms with van der Waals surface area (Å²) in [5, 5.41) is 3.63. The van der Waals surface area contributed by atoms with Gasteiger partial charge in [0, 0.05) is 45.0 Å². The Hall–Kier alpha value is -2.74. The van der Waals surface area contributed by atoms with E-state index in [1.54, 1.807) is 0 Å². The lowest BCUT2D eigenvalue weighted by molar-refractivity contribution is 0.0298. The predicted octanol–water partition coefficient (Wildman–Crippen LogP) is 2.26. The average Bonchev–Trinajstić information content (AvgIpc) is 3.19. The molecule has 7 nitrogen and oxygen atoms in total. The summed E-state index contributed by atoms with van der Waals surface area (Å²) >= 11 is 0. The highest BCUT2D eigenvalue weighted by atomic mass is 16.5. The second-order valence-corrected chi connectivity index (χ2v) is 8.87. The van der Waals surface area contributed by atoms with E-state index in [9.17, 15) is 4.79 Å². The summed E-state index contributed by atoms with van der Waals surface area (Å²) in [4.78, 5) is 22.4. The normalized spacial score (nSPS) is 19.3. The number of likely N-dealkylation sites (N-methyl/N-ethyl adjacent to an activating group) is 1. The Labute approximate surface area is 189 Å². The molecule has 1 fully saturated rings. The third-order valence-corrected chi connectivity index (χ3v) is 6.73. The van der Waals surface area contributed by atoms with Crippen molar-refractivity contribution in [3.05, 3.63) is 70.7 Å². The zero-order chi connectivity index (χ0) is 22.1. The predicted molar refractivity (Wildman–Crippen MR) is 124 cm³/mol. The van der Waals surface area contributed by atoms with Crippen molar-refractivity contribution in [3.8, 4) is 0 Å². The Bertz CT molecular complexity index is 1120. The number of nitrogens with zero attached hydrogens (tertiary/aromatic N) is 4.